The van der Waals surface area contributed by atoms with Crippen molar-refractivity contribution in [3.63, 3.8) is 0 Å². The highest BCUT2D eigenvalue weighted by Gasteiger charge is 1.98. The van der Waals surface area contributed by atoms with Gasteiger partial charge in [-0.2, -0.15) is 8.42 Å². The molecule has 0 aromatic heterocycles. The Balaban J connectivity index is 0. The number of carbonyl (C=O) groups is 1. The second-order valence-electron chi connectivity index (χ2n) is 3.33. The van der Waals surface area contributed by atoms with Crippen LogP contribution in [0.15, 0.2) is 24.3 Å². The van der Waals surface area contributed by atoms with Gasteiger partial charge in [0.2, 0.25) is 0 Å². The molecular formula is C12H19FO6S. The summed E-state index contributed by atoms with van der Waals surface area (Å²) in [4.78, 5) is 10.2. The molecule has 0 saturated heterocycles. The topological polar surface area (TPSA) is 112 Å². The molecule has 0 radical (unpaired) electrons. The molecule has 0 unspecified atom stereocenters. The fourth-order valence-electron chi connectivity index (χ4n) is 1.14. The van der Waals surface area contributed by atoms with Gasteiger partial charge in [0.1, 0.15) is 5.82 Å². The Morgan fingerprint density at radius 3 is 2.15 bits per heavy atom. The van der Waals surface area contributed by atoms with Crippen molar-refractivity contribution in [2.24, 2.45) is 0 Å². The molecule has 6 nitrogen and oxygen atoms in total. The van der Waals surface area contributed by atoms with Crippen LogP contribution in [0.4, 0.5) is 4.39 Å². The molecule has 1 rings (SSSR count). The lowest BCUT2D eigenvalue weighted by Crippen LogP contribution is -1.95. The Kier molecular flexibility index (Phi) is 11.8. The van der Waals surface area contributed by atoms with Crippen molar-refractivity contribution in [1.29, 1.82) is 0 Å². The predicted octanol–water partition coefficient (Wildman–Crippen LogP) is 2.61. The minimum atomic E-state index is -4.67. The molecule has 20 heavy (non-hydrogen) atoms. The largest absolute Gasteiger partial charge is 0.481 e. The summed E-state index contributed by atoms with van der Waals surface area (Å²) in [5, 5.41) is 8.37. The van der Waals surface area contributed by atoms with E-state index in [1.807, 2.05) is 13.8 Å². The van der Waals surface area contributed by atoms with Gasteiger partial charge in [-0.1, -0.05) is 26.0 Å². The van der Waals surface area contributed by atoms with E-state index in [9.17, 15) is 9.18 Å². The Morgan fingerprint density at radius 2 is 1.75 bits per heavy atom. The van der Waals surface area contributed by atoms with E-state index in [0.29, 0.717) is 12.8 Å². The van der Waals surface area contributed by atoms with Crippen LogP contribution in [0, 0.1) is 5.82 Å². The summed E-state index contributed by atoms with van der Waals surface area (Å²) in [6.45, 7) is 4.00. The number of carboxylic acid groups (broad SMARTS) is 1. The van der Waals surface area contributed by atoms with Crippen LogP contribution in [-0.2, 0) is 21.6 Å². The fourth-order valence-corrected chi connectivity index (χ4v) is 1.14. The maximum absolute atomic E-state index is 12.6. The van der Waals surface area contributed by atoms with Crippen molar-refractivity contribution < 1.29 is 31.8 Å². The molecule has 116 valence electrons. The van der Waals surface area contributed by atoms with Gasteiger partial charge < -0.3 is 5.11 Å². The van der Waals surface area contributed by atoms with Crippen molar-refractivity contribution in [3.8, 4) is 0 Å². The fraction of sp³-hybridized carbons (Fsp3) is 0.417. The lowest BCUT2D eigenvalue weighted by atomic mass is 10.1. The van der Waals surface area contributed by atoms with Gasteiger partial charge in [-0.25, -0.2) is 4.39 Å². The van der Waals surface area contributed by atoms with E-state index in [1.54, 1.807) is 12.1 Å². The first-order chi connectivity index (χ1) is 9.18. The van der Waals surface area contributed by atoms with Gasteiger partial charge >= 0.3 is 16.4 Å². The molecule has 0 heterocycles. The normalized spacial score (nSPS) is 9.65. The molecule has 0 amide bonds. The quantitative estimate of drug-likeness (QED) is 0.737. The molecule has 0 aliphatic rings. The van der Waals surface area contributed by atoms with E-state index in [2.05, 4.69) is 0 Å². The highest BCUT2D eigenvalue weighted by molar-refractivity contribution is 7.79. The highest BCUT2D eigenvalue weighted by Crippen LogP contribution is 2.07. The molecule has 1 aromatic carbocycles. The van der Waals surface area contributed by atoms with Gasteiger partial charge in [0.05, 0.1) is 0 Å². The summed E-state index contributed by atoms with van der Waals surface area (Å²) in [5.41, 5.74) is 0.848. The molecule has 8 heteroatoms. The van der Waals surface area contributed by atoms with E-state index in [4.69, 9.17) is 22.6 Å². The third-order valence-corrected chi connectivity index (χ3v) is 1.75. The Labute approximate surface area is 117 Å². The molecule has 1 aromatic rings. The number of halogens is 1. The van der Waals surface area contributed by atoms with Gasteiger partial charge in [0, 0.05) is 6.42 Å². The van der Waals surface area contributed by atoms with Crippen LogP contribution in [-0.4, -0.2) is 28.6 Å². The Bertz CT molecular complexity index is 478. The number of benzene rings is 1. The third-order valence-electron chi connectivity index (χ3n) is 1.75. The number of rotatable bonds is 4. The predicted molar refractivity (Wildman–Crippen MR) is 72.5 cm³/mol. The van der Waals surface area contributed by atoms with Crippen molar-refractivity contribution in [3.05, 3.63) is 35.6 Å². The number of aliphatic carboxylic acids is 1. The number of hydrogen-bond acceptors (Lipinski definition) is 3. The molecule has 0 aliphatic carbocycles. The lowest BCUT2D eigenvalue weighted by Gasteiger charge is -1.98. The van der Waals surface area contributed by atoms with Crippen LogP contribution in [0.1, 0.15) is 32.3 Å². The lowest BCUT2D eigenvalue weighted by molar-refractivity contribution is -0.137. The van der Waals surface area contributed by atoms with Crippen LogP contribution in [0.2, 0.25) is 0 Å². The minimum Gasteiger partial charge on any atom is -0.481 e. The van der Waals surface area contributed by atoms with Gasteiger partial charge in [-0.05, 0) is 30.5 Å². The van der Waals surface area contributed by atoms with Gasteiger partial charge in [-0.3, -0.25) is 13.9 Å². The monoisotopic (exact) mass is 310 g/mol. The van der Waals surface area contributed by atoms with E-state index in [0.717, 1.165) is 5.56 Å². The molecular weight excluding hydrogens is 291 g/mol. The Morgan fingerprint density at radius 1 is 1.25 bits per heavy atom. The molecule has 0 atom stereocenters. The smallest absolute Gasteiger partial charge is 0.394 e. The van der Waals surface area contributed by atoms with Crippen LogP contribution >= 0.6 is 0 Å². The summed E-state index contributed by atoms with van der Waals surface area (Å²) >= 11 is 0. The van der Waals surface area contributed by atoms with Crippen LogP contribution < -0.4 is 0 Å². The zero-order chi connectivity index (χ0) is 16.2. The summed E-state index contributed by atoms with van der Waals surface area (Å²) in [5.74, 6) is -1.08. The van der Waals surface area contributed by atoms with Crippen molar-refractivity contribution >= 4 is 16.4 Å². The highest BCUT2D eigenvalue weighted by atomic mass is 32.3. The second kappa shape index (κ2) is 11.3. The molecule has 0 bridgehead atoms. The standard InChI is InChI=1S/C10H11FO2.C2H6.H2O4S/c11-9-5-1-3-8(7-9)4-2-6-10(12)13;1-2;1-5(2,3)4/h1,3,5,7H,2,4,6H2,(H,12,13);1-2H3;(H2,1,2,3,4). The first kappa shape index (κ1) is 20.8. The summed E-state index contributed by atoms with van der Waals surface area (Å²) in [6.07, 6.45) is 1.30. The maximum atomic E-state index is 12.6. The average Bonchev–Trinajstić information content (AvgIpc) is 2.29. The second-order valence-corrected chi connectivity index (χ2v) is 4.22. The summed E-state index contributed by atoms with van der Waals surface area (Å²) in [7, 11) is -4.67. The molecule has 0 spiro atoms. The van der Waals surface area contributed by atoms with Crippen molar-refractivity contribution in [1.82, 2.24) is 0 Å². The summed E-state index contributed by atoms with van der Waals surface area (Å²) < 4.78 is 44.2. The SMILES string of the molecule is CC.O=C(O)CCCc1cccc(F)c1.O=S(=O)(O)O. The number of hydrogen-bond donors (Lipinski definition) is 3. The maximum Gasteiger partial charge on any atom is 0.394 e. The van der Waals surface area contributed by atoms with Gasteiger partial charge in [-0.15, -0.1) is 0 Å². The molecule has 0 saturated carbocycles. The third kappa shape index (κ3) is 18.8. The van der Waals surface area contributed by atoms with E-state index in [-0.39, 0.29) is 12.2 Å². The zero-order valence-electron chi connectivity index (χ0n) is 11.3. The van der Waals surface area contributed by atoms with Crippen LogP contribution in [0.5, 0.6) is 0 Å². The van der Waals surface area contributed by atoms with Gasteiger partial charge in [0.25, 0.3) is 0 Å². The number of carboxylic acids is 1. The zero-order valence-corrected chi connectivity index (χ0v) is 12.1. The first-order valence-electron chi connectivity index (χ1n) is 5.84. The minimum absolute atomic E-state index is 0.135. The Hall–Kier alpha value is -1.51. The number of aryl methyl sites for hydroxylation is 1. The van der Waals surface area contributed by atoms with Crippen LogP contribution in [0.25, 0.3) is 0 Å². The van der Waals surface area contributed by atoms with Crippen molar-refractivity contribution in [2.45, 2.75) is 33.1 Å². The molecule has 3 N–H and O–H groups in total. The van der Waals surface area contributed by atoms with Crippen molar-refractivity contribution in [2.75, 3.05) is 0 Å². The van der Waals surface area contributed by atoms with E-state index >= 15 is 0 Å². The van der Waals surface area contributed by atoms with E-state index < -0.39 is 16.4 Å². The summed E-state index contributed by atoms with van der Waals surface area (Å²) in [6, 6.07) is 6.24. The van der Waals surface area contributed by atoms with E-state index in [1.165, 1.54) is 12.1 Å². The molecule has 0 fully saturated rings. The average molecular weight is 310 g/mol. The molecule has 0 aliphatic heterocycles. The van der Waals surface area contributed by atoms with Gasteiger partial charge in [0.15, 0.2) is 0 Å². The van der Waals surface area contributed by atoms with Crippen LogP contribution in [0.3, 0.4) is 0 Å². The first-order valence-corrected chi connectivity index (χ1v) is 7.24.